The number of β-lactam (4-membered cyclic amide) rings is 1. The number of hydrogen-bond acceptors (Lipinski definition) is 7. The predicted octanol–water partition coefficient (Wildman–Crippen LogP) is 5.44. The summed E-state index contributed by atoms with van der Waals surface area (Å²) < 4.78 is 11.4. The summed E-state index contributed by atoms with van der Waals surface area (Å²) in [7, 11) is 0. The fourth-order valence-corrected chi connectivity index (χ4v) is 7.75. The first kappa shape index (κ1) is 34.7. The number of cyclic esters (lactones) is 1. The molecule has 0 unspecified atom stereocenters. The fourth-order valence-electron chi connectivity index (χ4n) is 7.75. The summed E-state index contributed by atoms with van der Waals surface area (Å²) in [6.45, 7) is 8.54. The molecule has 6 rings (SSSR count). The molecule has 10 heteroatoms. The van der Waals surface area contributed by atoms with Crippen LogP contribution in [0.2, 0.25) is 0 Å². The Hall–Kier alpha value is -4.18. The van der Waals surface area contributed by atoms with E-state index in [1.165, 1.54) is 41.9 Å². The molecule has 1 aliphatic carbocycles. The van der Waals surface area contributed by atoms with E-state index in [0.717, 1.165) is 24.2 Å². The third-order valence-corrected chi connectivity index (χ3v) is 10.2. The average Bonchev–Trinajstić information content (AvgIpc) is 3.48. The van der Waals surface area contributed by atoms with Gasteiger partial charge in [0.25, 0.3) is 0 Å². The van der Waals surface area contributed by atoms with Gasteiger partial charge in [0, 0.05) is 38.6 Å². The third-order valence-electron chi connectivity index (χ3n) is 10.2. The molecule has 0 aromatic heterocycles. The highest BCUT2D eigenvalue weighted by molar-refractivity contribution is 5.97. The Balaban J connectivity index is 1.22. The first-order valence-electron chi connectivity index (χ1n) is 17.9. The maximum Gasteiger partial charge on any atom is 0.411 e. The molecule has 4 atom stereocenters. The van der Waals surface area contributed by atoms with E-state index >= 15 is 0 Å². The van der Waals surface area contributed by atoms with E-state index in [9.17, 15) is 19.2 Å². The van der Waals surface area contributed by atoms with Gasteiger partial charge in [0.15, 0.2) is 0 Å². The summed E-state index contributed by atoms with van der Waals surface area (Å²) in [5.74, 6) is -0.951. The number of hydrogen-bond donors (Lipinski definition) is 0. The van der Waals surface area contributed by atoms with Crippen LogP contribution in [-0.4, -0.2) is 106 Å². The van der Waals surface area contributed by atoms with Crippen LogP contribution < -0.4 is 0 Å². The number of rotatable bonds is 10. The number of amides is 3. The molecular weight excluding hydrogens is 620 g/mol. The first-order chi connectivity index (χ1) is 23.6. The largest absolute Gasteiger partial charge is 0.458 e. The highest BCUT2D eigenvalue weighted by atomic mass is 16.6. The molecule has 2 aromatic carbocycles. The number of esters is 1. The Morgan fingerprint density at radius 3 is 2.22 bits per heavy atom. The predicted molar refractivity (Wildman–Crippen MR) is 186 cm³/mol. The number of carbonyl (C=O) groups is 4. The second-order valence-corrected chi connectivity index (χ2v) is 14.7. The lowest BCUT2D eigenvalue weighted by atomic mass is 9.87. The summed E-state index contributed by atoms with van der Waals surface area (Å²) in [4.78, 5) is 62.4. The standard InChI is InChI=1S/C39H50N4O6/c1-39(2,3)49-37(46)32(21-22-34(44)41-25-23-40(24-26-41)30-17-11-6-12-18-30)42-31(20-19-28-13-7-4-8-14-28)35(36(42)45)43-33(27-48-38(43)47)29-15-9-5-10-16-29/h4-5,7-10,13-16,19-20,30-33,35H,6,11-12,17-18,21-27H2,1-3H3/t31-,32+,33-,35+/m1/s1. The Labute approximate surface area is 290 Å². The molecule has 0 N–H and O–H groups in total. The third kappa shape index (κ3) is 8.01. The van der Waals surface area contributed by atoms with Gasteiger partial charge < -0.3 is 19.3 Å². The van der Waals surface area contributed by atoms with Gasteiger partial charge in [0.05, 0.1) is 12.1 Å². The minimum Gasteiger partial charge on any atom is -0.458 e. The normalized spacial score (nSPS) is 24.6. The molecule has 49 heavy (non-hydrogen) atoms. The van der Waals surface area contributed by atoms with Crippen molar-refractivity contribution >= 4 is 30.0 Å². The smallest absolute Gasteiger partial charge is 0.411 e. The second kappa shape index (κ2) is 15.2. The second-order valence-electron chi connectivity index (χ2n) is 14.7. The molecule has 2 aromatic rings. The van der Waals surface area contributed by atoms with Crippen LogP contribution in [0.4, 0.5) is 4.79 Å². The molecular formula is C39H50N4O6. The maximum atomic E-state index is 14.3. The van der Waals surface area contributed by atoms with Crippen molar-refractivity contribution in [3.8, 4) is 0 Å². The van der Waals surface area contributed by atoms with E-state index in [-0.39, 0.29) is 31.3 Å². The lowest BCUT2D eigenvalue weighted by Crippen LogP contribution is -2.73. The zero-order valence-electron chi connectivity index (χ0n) is 29.0. The summed E-state index contributed by atoms with van der Waals surface area (Å²) in [5.41, 5.74) is 0.984. The van der Waals surface area contributed by atoms with E-state index in [1.807, 2.05) is 77.7 Å². The molecule has 4 aliphatic rings. The van der Waals surface area contributed by atoms with Crippen LogP contribution in [0.5, 0.6) is 0 Å². The molecule has 4 fully saturated rings. The number of piperazine rings is 1. The minimum atomic E-state index is -1.00. The summed E-state index contributed by atoms with van der Waals surface area (Å²) >= 11 is 0. The number of likely N-dealkylation sites (tertiary alicyclic amines) is 1. The molecule has 3 aliphatic heterocycles. The molecule has 0 spiro atoms. The summed E-state index contributed by atoms with van der Waals surface area (Å²) in [5, 5.41) is 0. The highest BCUT2D eigenvalue weighted by Crippen LogP contribution is 2.39. The summed E-state index contributed by atoms with van der Waals surface area (Å²) in [6, 6.07) is 16.8. The Bertz CT molecular complexity index is 1490. The Kier molecular flexibility index (Phi) is 10.7. The van der Waals surface area contributed by atoms with E-state index < -0.39 is 41.8 Å². The number of ether oxygens (including phenoxy) is 2. The van der Waals surface area contributed by atoms with Gasteiger partial charge >= 0.3 is 12.1 Å². The Morgan fingerprint density at radius 2 is 1.57 bits per heavy atom. The van der Waals surface area contributed by atoms with E-state index in [1.54, 1.807) is 20.8 Å². The highest BCUT2D eigenvalue weighted by Gasteiger charge is 2.58. The number of benzene rings is 2. The van der Waals surface area contributed by atoms with E-state index in [2.05, 4.69) is 4.90 Å². The van der Waals surface area contributed by atoms with Crippen LogP contribution >= 0.6 is 0 Å². The van der Waals surface area contributed by atoms with Gasteiger partial charge in [0.2, 0.25) is 11.8 Å². The van der Waals surface area contributed by atoms with Gasteiger partial charge in [-0.05, 0) is 51.2 Å². The number of nitrogens with zero attached hydrogens (tertiary/aromatic N) is 4. The van der Waals surface area contributed by atoms with Crippen LogP contribution in [0.3, 0.4) is 0 Å². The van der Waals surface area contributed by atoms with Crippen molar-refractivity contribution in [3.05, 3.63) is 77.9 Å². The molecule has 0 radical (unpaired) electrons. The first-order valence-corrected chi connectivity index (χ1v) is 17.9. The molecule has 3 saturated heterocycles. The van der Waals surface area contributed by atoms with Crippen molar-refractivity contribution in [2.75, 3.05) is 32.8 Å². The molecule has 1 saturated carbocycles. The lowest BCUT2D eigenvalue weighted by molar-refractivity contribution is -0.177. The average molecular weight is 671 g/mol. The van der Waals surface area contributed by atoms with Gasteiger partial charge in [0.1, 0.15) is 24.3 Å². The minimum absolute atomic E-state index is 0.0231. The van der Waals surface area contributed by atoms with Crippen molar-refractivity contribution in [3.63, 3.8) is 0 Å². The number of carbonyl (C=O) groups excluding carboxylic acids is 4. The van der Waals surface area contributed by atoms with E-state index in [4.69, 9.17) is 9.47 Å². The van der Waals surface area contributed by atoms with E-state index in [0.29, 0.717) is 19.1 Å². The van der Waals surface area contributed by atoms with Gasteiger partial charge in [-0.25, -0.2) is 9.59 Å². The van der Waals surface area contributed by atoms with Crippen LogP contribution in [0.25, 0.3) is 6.08 Å². The topological polar surface area (TPSA) is 99.7 Å². The van der Waals surface area contributed by atoms with Crippen molar-refractivity contribution < 1.29 is 28.7 Å². The zero-order chi connectivity index (χ0) is 34.5. The van der Waals surface area contributed by atoms with Crippen molar-refractivity contribution in [1.82, 2.24) is 19.6 Å². The van der Waals surface area contributed by atoms with Crippen molar-refractivity contribution in [1.29, 1.82) is 0 Å². The quantitative estimate of drug-likeness (QED) is 0.245. The van der Waals surface area contributed by atoms with Crippen molar-refractivity contribution in [2.24, 2.45) is 0 Å². The van der Waals surface area contributed by atoms with Crippen LogP contribution in [0.1, 0.15) is 82.9 Å². The maximum absolute atomic E-state index is 14.3. The van der Waals surface area contributed by atoms with Gasteiger partial charge in [-0.15, -0.1) is 0 Å². The van der Waals surface area contributed by atoms with Gasteiger partial charge in [-0.1, -0.05) is 92.1 Å². The van der Waals surface area contributed by atoms with Crippen LogP contribution in [-0.2, 0) is 23.9 Å². The fraction of sp³-hybridized carbons (Fsp3) is 0.538. The molecule has 3 heterocycles. The van der Waals surface area contributed by atoms with Crippen molar-refractivity contribution in [2.45, 2.75) is 102 Å². The lowest BCUT2D eigenvalue weighted by Gasteiger charge is -2.52. The SMILES string of the molecule is CC(C)(C)OC(=O)[C@H](CCC(=O)N1CCN(C2CCCCC2)CC1)N1C(=O)[C@@H](N2C(=O)OC[C@@H]2c2ccccc2)[C@H]1C=Cc1ccccc1. The zero-order valence-corrected chi connectivity index (χ0v) is 29.0. The Morgan fingerprint density at radius 1 is 0.918 bits per heavy atom. The summed E-state index contributed by atoms with van der Waals surface area (Å²) in [6.07, 6.45) is 9.77. The molecule has 262 valence electrons. The molecule has 10 nitrogen and oxygen atoms in total. The van der Waals surface area contributed by atoms with Crippen LogP contribution in [0, 0.1) is 0 Å². The monoisotopic (exact) mass is 670 g/mol. The van der Waals surface area contributed by atoms with Gasteiger partial charge in [-0.2, -0.15) is 0 Å². The molecule has 3 amide bonds. The molecule has 0 bridgehead atoms. The van der Waals surface area contributed by atoms with Gasteiger partial charge in [-0.3, -0.25) is 19.4 Å². The van der Waals surface area contributed by atoms with Crippen LogP contribution in [0.15, 0.2) is 66.7 Å².